The van der Waals surface area contributed by atoms with Gasteiger partial charge in [0.2, 0.25) is 5.91 Å². The fraction of sp³-hybridized carbons (Fsp3) is 0.591. The summed E-state index contributed by atoms with van der Waals surface area (Å²) in [7, 11) is 3.96. The molecule has 0 saturated carbocycles. The number of hydrogen-bond acceptors (Lipinski definition) is 8. The molecule has 0 spiro atoms. The average Bonchev–Trinajstić information content (AvgIpc) is 3.43. The molecule has 4 rings (SSSR count). The van der Waals surface area contributed by atoms with Gasteiger partial charge in [0.05, 0.1) is 25.7 Å². The number of benzene rings is 1. The minimum atomic E-state index is -0.923. The predicted molar refractivity (Wildman–Crippen MR) is 119 cm³/mol. The fourth-order valence-electron chi connectivity index (χ4n) is 4.49. The van der Waals surface area contributed by atoms with E-state index in [1.807, 2.05) is 43.3 Å². The van der Waals surface area contributed by atoms with Crippen molar-refractivity contribution in [3.8, 4) is 11.4 Å². The van der Waals surface area contributed by atoms with E-state index in [0.29, 0.717) is 19.0 Å². The van der Waals surface area contributed by atoms with Crippen LogP contribution in [0, 0.1) is 5.41 Å². The van der Waals surface area contributed by atoms with Gasteiger partial charge in [-0.15, -0.1) is 5.10 Å². The van der Waals surface area contributed by atoms with Gasteiger partial charge in [-0.25, -0.2) is 4.68 Å². The van der Waals surface area contributed by atoms with Gasteiger partial charge in [-0.3, -0.25) is 9.59 Å². The van der Waals surface area contributed by atoms with Crippen molar-refractivity contribution in [3.63, 3.8) is 0 Å². The first kappa shape index (κ1) is 23.1. The molecule has 1 aromatic heterocycles. The Hall–Kier alpha value is -3.05. The van der Waals surface area contributed by atoms with E-state index >= 15 is 0 Å². The standard InChI is InChI=1S/C22H30N6O5/c1-22(2,10-18(30)31)9-17(29)23-15-11-32-20-16(12-33-19(15)20)28-21(24-25-26-28)13-5-7-14(8-6-13)27(3)4/h5-8,15-16,19-20H,9-12H2,1-4H3,(H,23,29)(H,30,31)/t15-,16-,19+,20+/m0/s1. The third kappa shape index (κ3) is 4.98. The minimum Gasteiger partial charge on any atom is -0.481 e. The molecule has 4 atom stereocenters. The molecule has 1 aromatic carbocycles. The molecule has 0 bridgehead atoms. The molecule has 2 N–H and O–H groups in total. The second-order valence-corrected chi connectivity index (χ2v) is 9.64. The highest BCUT2D eigenvalue weighted by Gasteiger charge is 2.50. The van der Waals surface area contributed by atoms with Crippen LogP contribution in [0.4, 0.5) is 5.69 Å². The monoisotopic (exact) mass is 458 g/mol. The Morgan fingerprint density at radius 2 is 1.85 bits per heavy atom. The van der Waals surface area contributed by atoms with Gasteiger partial charge in [0.25, 0.3) is 0 Å². The predicted octanol–water partition coefficient (Wildman–Crippen LogP) is 1.12. The lowest BCUT2D eigenvalue weighted by Gasteiger charge is -2.24. The van der Waals surface area contributed by atoms with Gasteiger partial charge in [0.1, 0.15) is 18.2 Å². The second kappa shape index (κ2) is 9.06. The molecule has 0 unspecified atom stereocenters. The number of ether oxygens (including phenoxy) is 2. The van der Waals surface area contributed by atoms with Gasteiger partial charge in [0, 0.05) is 31.8 Å². The van der Waals surface area contributed by atoms with E-state index in [9.17, 15) is 9.59 Å². The number of amides is 1. The van der Waals surface area contributed by atoms with Gasteiger partial charge in [-0.05, 0) is 40.1 Å². The van der Waals surface area contributed by atoms with Crippen molar-refractivity contribution in [2.24, 2.45) is 5.41 Å². The number of tetrazole rings is 1. The number of anilines is 1. The van der Waals surface area contributed by atoms with Crippen molar-refractivity contribution in [2.45, 2.75) is 51.0 Å². The van der Waals surface area contributed by atoms with Crippen LogP contribution in [0.15, 0.2) is 24.3 Å². The molecule has 2 aromatic rings. The number of aliphatic carboxylic acids is 1. The number of aromatic nitrogens is 4. The van der Waals surface area contributed by atoms with Crippen LogP contribution in [-0.2, 0) is 19.1 Å². The highest BCUT2D eigenvalue weighted by Crippen LogP contribution is 2.36. The first-order chi connectivity index (χ1) is 15.6. The summed E-state index contributed by atoms with van der Waals surface area (Å²) < 4.78 is 13.7. The van der Waals surface area contributed by atoms with Crippen LogP contribution < -0.4 is 10.2 Å². The highest BCUT2D eigenvalue weighted by molar-refractivity contribution is 5.78. The molecule has 33 heavy (non-hydrogen) atoms. The fourth-order valence-corrected chi connectivity index (χ4v) is 4.49. The van der Waals surface area contributed by atoms with Gasteiger partial charge in [0.15, 0.2) is 5.82 Å². The number of carboxylic acids is 1. The van der Waals surface area contributed by atoms with Crippen LogP contribution in [0.2, 0.25) is 0 Å². The van der Waals surface area contributed by atoms with Crippen molar-refractivity contribution >= 4 is 17.6 Å². The maximum Gasteiger partial charge on any atom is 0.303 e. The summed E-state index contributed by atoms with van der Waals surface area (Å²) in [4.78, 5) is 25.6. The zero-order valence-corrected chi connectivity index (χ0v) is 19.3. The number of carbonyl (C=O) groups is 2. The molecule has 3 heterocycles. The van der Waals surface area contributed by atoms with Gasteiger partial charge < -0.3 is 24.8 Å². The molecule has 1 amide bonds. The maximum atomic E-state index is 12.6. The van der Waals surface area contributed by atoms with E-state index in [1.165, 1.54) is 0 Å². The van der Waals surface area contributed by atoms with E-state index < -0.39 is 11.4 Å². The molecule has 2 fully saturated rings. The Morgan fingerprint density at radius 1 is 1.15 bits per heavy atom. The lowest BCUT2D eigenvalue weighted by molar-refractivity contribution is -0.139. The van der Waals surface area contributed by atoms with E-state index in [-0.39, 0.29) is 43.0 Å². The third-order valence-electron chi connectivity index (χ3n) is 6.09. The summed E-state index contributed by atoms with van der Waals surface area (Å²) in [5.41, 5.74) is 1.32. The van der Waals surface area contributed by atoms with Crippen molar-refractivity contribution < 1.29 is 24.2 Å². The Labute approximate surface area is 192 Å². The Kier molecular flexibility index (Phi) is 6.35. The van der Waals surface area contributed by atoms with Gasteiger partial charge >= 0.3 is 5.97 Å². The Bertz CT molecular complexity index is 1000. The van der Waals surface area contributed by atoms with Crippen LogP contribution in [0.5, 0.6) is 0 Å². The molecule has 11 heteroatoms. The summed E-state index contributed by atoms with van der Waals surface area (Å²) in [6.45, 7) is 4.20. The quantitative estimate of drug-likeness (QED) is 0.597. The average molecular weight is 459 g/mol. The van der Waals surface area contributed by atoms with Gasteiger partial charge in [-0.2, -0.15) is 0 Å². The van der Waals surface area contributed by atoms with Crippen LogP contribution >= 0.6 is 0 Å². The van der Waals surface area contributed by atoms with Crippen LogP contribution in [0.1, 0.15) is 32.7 Å². The highest BCUT2D eigenvalue weighted by atomic mass is 16.6. The van der Waals surface area contributed by atoms with Gasteiger partial charge in [-0.1, -0.05) is 13.8 Å². The zero-order chi connectivity index (χ0) is 23.8. The first-order valence-corrected chi connectivity index (χ1v) is 10.9. The van der Waals surface area contributed by atoms with Crippen molar-refractivity contribution in [3.05, 3.63) is 24.3 Å². The van der Waals surface area contributed by atoms with E-state index in [4.69, 9.17) is 14.6 Å². The van der Waals surface area contributed by atoms with Crippen LogP contribution in [0.25, 0.3) is 11.4 Å². The van der Waals surface area contributed by atoms with Crippen molar-refractivity contribution in [2.75, 3.05) is 32.2 Å². The number of carbonyl (C=O) groups excluding carboxylic acids is 1. The number of nitrogens with one attached hydrogen (secondary N) is 1. The summed E-state index contributed by atoms with van der Waals surface area (Å²) in [6.07, 6.45) is -0.596. The SMILES string of the molecule is CN(C)c1ccc(-c2nnnn2[C@H]2CO[C@H]3[C@@H]2OC[C@@H]3NC(=O)CC(C)(C)CC(=O)O)cc1. The molecule has 178 valence electrons. The zero-order valence-electron chi connectivity index (χ0n) is 19.3. The molecule has 2 saturated heterocycles. The number of fused-ring (bicyclic) bond motifs is 1. The van der Waals surface area contributed by atoms with Crippen molar-refractivity contribution in [1.29, 1.82) is 0 Å². The topological polar surface area (TPSA) is 132 Å². The number of rotatable bonds is 8. The smallest absolute Gasteiger partial charge is 0.303 e. The summed E-state index contributed by atoms with van der Waals surface area (Å²) in [5.74, 6) is -0.514. The lowest BCUT2D eigenvalue weighted by atomic mass is 9.85. The molecule has 0 aliphatic carbocycles. The molecule has 0 radical (unpaired) electrons. The lowest BCUT2D eigenvalue weighted by Crippen LogP contribution is -2.45. The summed E-state index contributed by atoms with van der Waals surface area (Å²) in [5, 5.41) is 24.3. The van der Waals surface area contributed by atoms with Crippen molar-refractivity contribution in [1.82, 2.24) is 25.5 Å². The number of nitrogens with zero attached hydrogens (tertiary/aromatic N) is 5. The van der Waals surface area contributed by atoms with E-state index in [1.54, 1.807) is 18.5 Å². The first-order valence-electron chi connectivity index (χ1n) is 10.9. The molecular weight excluding hydrogens is 428 g/mol. The maximum absolute atomic E-state index is 12.6. The minimum absolute atomic E-state index is 0.0796. The van der Waals surface area contributed by atoms with Crippen LogP contribution in [0.3, 0.4) is 0 Å². The third-order valence-corrected chi connectivity index (χ3v) is 6.09. The molecule has 2 aliphatic rings. The van der Waals surface area contributed by atoms with Crippen LogP contribution in [-0.4, -0.2) is 82.7 Å². The normalized spacial score (nSPS) is 24.5. The number of carboxylic acid groups (broad SMARTS) is 1. The molecule has 2 aliphatic heterocycles. The van der Waals surface area contributed by atoms with E-state index in [0.717, 1.165) is 11.3 Å². The summed E-state index contributed by atoms with van der Waals surface area (Å²) in [6, 6.07) is 7.42. The summed E-state index contributed by atoms with van der Waals surface area (Å²) >= 11 is 0. The Morgan fingerprint density at radius 3 is 2.52 bits per heavy atom. The second-order valence-electron chi connectivity index (χ2n) is 9.64. The molecule has 11 nitrogen and oxygen atoms in total. The van der Waals surface area contributed by atoms with E-state index in [2.05, 4.69) is 20.8 Å². The Balaban J connectivity index is 1.43. The largest absolute Gasteiger partial charge is 0.481 e. The molecular formula is C22H30N6O5. The number of hydrogen-bond donors (Lipinski definition) is 2.